The van der Waals surface area contributed by atoms with Gasteiger partial charge in [0.15, 0.2) is 0 Å². The molecule has 8 heteroatoms. The molecule has 0 unspecified atom stereocenters. The minimum atomic E-state index is -0.235. The van der Waals surface area contributed by atoms with Gasteiger partial charge in [0.2, 0.25) is 0 Å². The lowest BCUT2D eigenvalue weighted by Crippen LogP contribution is -2.28. The van der Waals surface area contributed by atoms with Crippen molar-refractivity contribution in [2.75, 3.05) is 7.05 Å². The largest absolute Gasteiger partial charge is 0.336 e. The zero-order valence-corrected chi connectivity index (χ0v) is 15.8. The highest BCUT2D eigenvalue weighted by atomic mass is 16.5. The smallest absolute Gasteiger partial charge is 0.258 e. The molecule has 0 spiro atoms. The lowest BCUT2D eigenvalue weighted by Gasteiger charge is -2.16. The summed E-state index contributed by atoms with van der Waals surface area (Å²) in [7, 11) is 1.65. The van der Waals surface area contributed by atoms with Crippen molar-refractivity contribution in [2.24, 2.45) is 0 Å². The number of benzene rings is 1. The van der Waals surface area contributed by atoms with E-state index >= 15 is 0 Å². The van der Waals surface area contributed by atoms with Crippen molar-refractivity contribution in [3.63, 3.8) is 0 Å². The van der Waals surface area contributed by atoms with Crippen molar-refractivity contribution in [1.82, 2.24) is 25.0 Å². The maximum atomic E-state index is 12.9. The maximum absolute atomic E-state index is 12.9. The van der Waals surface area contributed by atoms with Crippen molar-refractivity contribution in [1.29, 1.82) is 0 Å². The Morgan fingerprint density at radius 2 is 2.04 bits per heavy atom. The number of fused-ring (bicyclic) bond motifs is 2. The Bertz CT molecular complexity index is 1240. The average molecular weight is 377 g/mol. The van der Waals surface area contributed by atoms with Crippen LogP contribution in [0.2, 0.25) is 0 Å². The standard InChI is InChI=1S/C20H19N5O3/c1-11(2)17-14-8-12(9-21-19(14)28-24-17)20(27)25(3)10-16-22-15-7-5-4-6-13(15)18(26)23-16/h4-9,11H,10H2,1-3H3,(H,22,23,26). The van der Waals surface area contributed by atoms with Crippen molar-refractivity contribution in [3.8, 4) is 0 Å². The number of carbonyl (C=O) groups is 1. The number of rotatable bonds is 4. The van der Waals surface area contributed by atoms with Crippen molar-refractivity contribution in [2.45, 2.75) is 26.3 Å². The van der Waals surface area contributed by atoms with E-state index < -0.39 is 0 Å². The third-order valence-corrected chi connectivity index (χ3v) is 4.55. The molecule has 0 aliphatic heterocycles. The van der Waals surface area contributed by atoms with Gasteiger partial charge in [0.25, 0.3) is 17.2 Å². The molecule has 0 radical (unpaired) electrons. The minimum Gasteiger partial charge on any atom is -0.336 e. The Kier molecular flexibility index (Phi) is 4.38. The van der Waals surface area contributed by atoms with E-state index in [4.69, 9.17) is 4.52 Å². The first-order chi connectivity index (χ1) is 13.4. The number of carbonyl (C=O) groups excluding carboxylic acids is 1. The van der Waals surface area contributed by atoms with Gasteiger partial charge >= 0.3 is 0 Å². The molecule has 0 saturated carbocycles. The highest BCUT2D eigenvalue weighted by molar-refractivity contribution is 5.96. The summed E-state index contributed by atoms with van der Waals surface area (Å²) >= 11 is 0. The Morgan fingerprint density at radius 1 is 1.25 bits per heavy atom. The van der Waals surface area contributed by atoms with Crippen LogP contribution >= 0.6 is 0 Å². The molecule has 8 nitrogen and oxygen atoms in total. The van der Waals surface area contributed by atoms with Gasteiger partial charge in [0, 0.05) is 13.2 Å². The normalized spacial score (nSPS) is 11.4. The van der Waals surface area contributed by atoms with Gasteiger partial charge in [-0.2, -0.15) is 0 Å². The molecular formula is C20H19N5O3. The number of hydrogen-bond acceptors (Lipinski definition) is 6. The first kappa shape index (κ1) is 17.8. The fourth-order valence-electron chi connectivity index (χ4n) is 3.11. The van der Waals surface area contributed by atoms with Crippen LogP contribution in [0, 0.1) is 0 Å². The summed E-state index contributed by atoms with van der Waals surface area (Å²) in [4.78, 5) is 37.9. The van der Waals surface area contributed by atoms with Crippen molar-refractivity contribution in [3.05, 3.63) is 64.0 Å². The molecule has 0 aliphatic rings. The molecular weight excluding hydrogens is 358 g/mol. The van der Waals surface area contributed by atoms with Gasteiger partial charge in [-0.15, -0.1) is 0 Å². The van der Waals surface area contributed by atoms with Crippen LogP contribution in [0.1, 0.15) is 41.6 Å². The molecule has 4 aromatic rings. The Balaban J connectivity index is 1.62. The van der Waals surface area contributed by atoms with Crippen LogP contribution in [-0.4, -0.2) is 38.0 Å². The molecule has 28 heavy (non-hydrogen) atoms. The Hall–Kier alpha value is -3.55. The van der Waals surface area contributed by atoms with Gasteiger partial charge in [-0.25, -0.2) is 9.97 Å². The zero-order chi connectivity index (χ0) is 19.8. The lowest BCUT2D eigenvalue weighted by atomic mass is 10.1. The summed E-state index contributed by atoms with van der Waals surface area (Å²) in [5.74, 6) is 0.334. The minimum absolute atomic E-state index is 0.151. The van der Waals surface area contributed by atoms with Gasteiger partial charge in [0.1, 0.15) is 5.82 Å². The molecule has 0 fully saturated rings. The van der Waals surface area contributed by atoms with E-state index in [1.54, 1.807) is 31.3 Å². The summed E-state index contributed by atoms with van der Waals surface area (Å²) in [6.07, 6.45) is 1.47. The Labute approximate surface area is 160 Å². The monoisotopic (exact) mass is 377 g/mol. The fraction of sp³-hybridized carbons (Fsp3) is 0.250. The topological polar surface area (TPSA) is 105 Å². The average Bonchev–Trinajstić information content (AvgIpc) is 3.11. The number of H-pyrrole nitrogens is 1. The van der Waals surface area contributed by atoms with Crippen LogP contribution < -0.4 is 5.56 Å². The second kappa shape index (κ2) is 6.88. The summed E-state index contributed by atoms with van der Waals surface area (Å²) in [6.45, 7) is 4.16. The summed E-state index contributed by atoms with van der Waals surface area (Å²) in [5, 5.41) is 5.28. The number of pyridine rings is 1. The van der Waals surface area contributed by atoms with E-state index in [2.05, 4.69) is 20.1 Å². The summed E-state index contributed by atoms with van der Waals surface area (Å²) in [6, 6.07) is 8.83. The first-order valence-corrected chi connectivity index (χ1v) is 8.92. The number of amides is 1. The molecule has 4 rings (SSSR count). The molecule has 3 aromatic heterocycles. The number of nitrogens with zero attached hydrogens (tertiary/aromatic N) is 4. The zero-order valence-electron chi connectivity index (χ0n) is 15.8. The SMILES string of the molecule is CC(C)c1noc2ncc(C(=O)N(C)Cc3nc4ccccc4c(=O)[nH]3)cc12. The summed E-state index contributed by atoms with van der Waals surface area (Å²) < 4.78 is 5.22. The van der Waals surface area contributed by atoms with Crippen LogP contribution in [0.25, 0.3) is 22.0 Å². The number of para-hydroxylation sites is 1. The molecule has 1 amide bonds. The van der Waals surface area contributed by atoms with Gasteiger partial charge < -0.3 is 14.4 Å². The molecule has 0 aliphatic carbocycles. The van der Waals surface area contributed by atoms with Crippen molar-refractivity contribution >= 4 is 27.9 Å². The lowest BCUT2D eigenvalue weighted by molar-refractivity contribution is 0.0781. The molecule has 1 N–H and O–H groups in total. The van der Waals surface area contributed by atoms with Crippen LogP contribution in [-0.2, 0) is 6.54 Å². The Morgan fingerprint density at radius 3 is 2.82 bits per heavy atom. The van der Waals surface area contributed by atoms with E-state index in [-0.39, 0.29) is 23.9 Å². The fourth-order valence-corrected chi connectivity index (χ4v) is 3.11. The predicted octanol–water partition coefficient (Wildman–Crippen LogP) is 2.85. The van der Waals surface area contributed by atoms with Gasteiger partial charge in [-0.1, -0.05) is 31.1 Å². The molecule has 0 atom stereocenters. The van der Waals surface area contributed by atoms with E-state index in [0.717, 1.165) is 11.1 Å². The second-order valence-corrected chi connectivity index (χ2v) is 6.99. The quantitative estimate of drug-likeness (QED) is 0.586. The van der Waals surface area contributed by atoms with Gasteiger partial charge in [-0.3, -0.25) is 9.59 Å². The second-order valence-electron chi connectivity index (χ2n) is 6.99. The highest BCUT2D eigenvalue weighted by Crippen LogP contribution is 2.24. The third kappa shape index (κ3) is 3.13. The molecule has 0 saturated heterocycles. The highest BCUT2D eigenvalue weighted by Gasteiger charge is 2.18. The van der Waals surface area contributed by atoms with Gasteiger partial charge in [0.05, 0.1) is 34.1 Å². The molecule has 142 valence electrons. The van der Waals surface area contributed by atoms with Gasteiger partial charge in [-0.05, 0) is 24.1 Å². The van der Waals surface area contributed by atoms with Crippen LogP contribution in [0.15, 0.2) is 45.8 Å². The van der Waals surface area contributed by atoms with E-state index in [9.17, 15) is 9.59 Å². The number of aromatic nitrogens is 4. The number of hydrogen-bond donors (Lipinski definition) is 1. The summed E-state index contributed by atoms with van der Waals surface area (Å²) in [5.41, 5.74) is 1.96. The van der Waals surface area contributed by atoms with Crippen LogP contribution in [0.5, 0.6) is 0 Å². The van der Waals surface area contributed by atoms with E-state index in [1.165, 1.54) is 11.1 Å². The molecule has 0 bridgehead atoms. The number of nitrogens with one attached hydrogen (secondary N) is 1. The van der Waals surface area contributed by atoms with E-state index in [0.29, 0.717) is 28.0 Å². The number of aromatic amines is 1. The van der Waals surface area contributed by atoms with E-state index in [1.807, 2.05) is 19.9 Å². The third-order valence-electron chi connectivity index (χ3n) is 4.55. The maximum Gasteiger partial charge on any atom is 0.258 e. The van der Waals surface area contributed by atoms with Crippen molar-refractivity contribution < 1.29 is 9.32 Å². The molecule has 3 heterocycles. The molecule has 1 aromatic carbocycles. The predicted molar refractivity (Wildman–Crippen MR) is 104 cm³/mol. The van der Waals surface area contributed by atoms with Crippen LogP contribution in [0.4, 0.5) is 0 Å². The van der Waals surface area contributed by atoms with Crippen LogP contribution in [0.3, 0.4) is 0 Å². The first-order valence-electron chi connectivity index (χ1n) is 8.92.